The van der Waals surface area contributed by atoms with Crippen LogP contribution in [0, 0.1) is 19.8 Å². The molecule has 1 aromatic rings. The van der Waals surface area contributed by atoms with Gasteiger partial charge in [0, 0.05) is 11.6 Å². The summed E-state index contributed by atoms with van der Waals surface area (Å²) in [6, 6.07) is 0.0116. The van der Waals surface area contributed by atoms with E-state index in [0.717, 1.165) is 17.0 Å². The lowest BCUT2D eigenvalue weighted by Gasteiger charge is -2.28. The van der Waals surface area contributed by atoms with Crippen LogP contribution >= 0.6 is 0 Å². The van der Waals surface area contributed by atoms with Crippen molar-refractivity contribution in [2.75, 3.05) is 0 Å². The minimum absolute atomic E-state index is 0.102. The highest BCUT2D eigenvalue weighted by atomic mass is 16.5. The van der Waals surface area contributed by atoms with Crippen LogP contribution in [0.2, 0.25) is 0 Å². The predicted octanol–water partition coefficient (Wildman–Crippen LogP) is 3.62. The molecule has 1 aliphatic carbocycles. The van der Waals surface area contributed by atoms with Gasteiger partial charge in [0.05, 0.1) is 11.7 Å². The molecule has 21 heavy (non-hydrogen) atoms. The summed E-state index contributed by atoms with van der Waals surface area (Å²) < 4.78 is 5.15. The summed E-state index contributed by atoms with van der Waals surface area (Å²) in [6.45, 7) is 7.83. The predicted molar refractivity (Wildman–Crippen MR) is 82.1 cm³/mol. The van der Waals surface area contributed by atoms with Gasteiger partial charge < -0.3 is 15.2 Å². The SMILES string of the molecule is Cc1noc(C)c1[C@H](C)NC(=O)N[C@@H](C)C1CCCCC1. The molecule has 2 atom stereocenters. The Morgan fingerprint density at radius 3 is 2.43 bits per heavy atom. The van der Waals surface area contributed by atoms with Gasteiger partial charge in [-0.1, -0.05) is 24.4 Å². The standard InChI is InChI=1S/C16H27N3O2/c1-10(14-8-6-5-7-9-14)17-16(20)18-11(2)15-12(3)19-21-13(15)4/h10-11,14H,5-9H2,1-4H3,(H2,17,18,20)/t10-,11-/m0/s1. The van der Waals surface area contributed by atoms with Gasteiger partial charge in [-0.3, -0.25) is 0 Å². The number of aromatic nitrogens is 1. The van der Waals surface area contributed by atoms with Crippen molar-refractivity contribution in [3.8, 4) is 0 Å². The van der Waals surface area contributed by atoms with Crippen molar-refractivity contribution in [1.29, 1.82) is 0 Å². The largest absolute Gasteiger partial charge is 0.361 e. The molecule has 5 nitrogen and oxygen atoms in total. The number of rotatable bonds is 4. The first-order valence-electron chi connectivity index (χ1n) is 7.98. The van der Waals surface area contributed by atoms with Crippen LogP contribution in [0.3, 0.4) is 0 Å². The lowest BCUT2D eigenvalue weighted by molar-refractivity contribution is 0.222. The van der Waals surface area contributed by atoms with Gasteiger partial charge in [0.2, 0.25) is 0 Å². The summed E-state index contributed by atoms with van der Waals surface area (Å²) >= 11 is 0. The first-order chi connectivity index (χ1) is 9.99. The molecule has 1 aromatic heterocycles. The highest BCUT2D eigenvalue weighted by molar-refractivity contribution is 5.74. The molecule has 118 valence electrons. The zero-order valence-electron chi connectivity index (χ0n) is 13.5. The van der Waals surface area contributed by atoms with Crippen molar-refractivity contribution < 1.29 is 9.32 Å². The molecule has 0 radical (unpaired) electrons. The Labute approximate surface area is 126 Å². The number of urea groups is 1. The van der Waals surface area contributed by atoms with Gasteiger partial charge in [-0.15, -0.1) is 0 Å². The normalized spacial score (nSPS) is 19.0. The number of hydrogen-bond donors (Lipinski definition) is 2. The van der Waals surface area contributed by atoms with Crippen molar-refractivity contribution in [3.63, 3.8) is 0 Å². The number of aryl methyl sites for hydroxylation is 2. The summed E-state index contributed by atoms with van der Waals surface area (Å²) in [7, 11) is 0. The van der Waals surface area contributed by atoms with Crippen LogP contribution in [0.1, 0.15) is 69.0 Å². The van der Waals surface area contributed by atoms with Crippen molar-refractivity contribution >= 4 is 6.03 Å². The number of amides is 2. The fourth-order valence-corrected chi connectivity index (χ4v) is 3.38. The molecular formula is C16H27N3O2. The Balaban J connectivity index is 1.86. The molecular weight excluding hydrogens is 266 g/mol. The molecule has 0 spiro atoms. The van der Waals surface area contributed by atoms with Gasteiger partial charge in [-0.2, -0.15) is 0 Å². The van der Waals surface area contributed by atoms with Crippen LogP contribution in [0.5, 0.6) is 0 Å². The highest BCUT2D eigenvalue weighted by Gasteiger charge is 2.23. The van der Waals surface area contributed by atoms with Crippen molar-refractivity contribution in [1.82, 2.24) is 15.8 Å². The second kappa shape index (κ2) is 6.96. The van der Waals surface area contributed by atoms with Gasteiger partial charge >= 0.3 is 6.03 Å². The molecule has 1 fully saturated rings. The number of nitrogens with zero attached hydrogens (tertiary/aromatic N) is 1. The summed E-state index contributed by atoms with van der Waals surface area (Å²) in [6.07, 6.45) is 6.35. The molecule has 2 amide bonds. The van der Waals surface area contributed by atoms with E-state index < -0.39 is 0 Å². The van der Waals surface area contributed by atoms with Gasteiger partial charge in [0.15, 0.2) is 0 Å². The van der Waals surface area contributed by atoms with Crippen LogP contribution in [0.4, 0.5) is 4.79 Å². The number of hydrogen-bond acceptors (Lipinski definition) is 3. The second-order valence-corrected chi connectivity index (χ2v) is 6.26. The average Bonchev–Trinajstić information content (AvgIpc) is 2.78. The second-order valence-electron chi connectivity index (χ2n) is 6.26. The third kappa shape index (κ3) is 3.99. The van der Waals surface area contributed by atoms with Gasteiger partial charge in [-0.25, -0.2) is 4.79 Å². The molecule has 1 heterocycles. The van der Waals surface area contributed by atoms with E-state index >= 15 is 0 Å². The summed E-state index contributed by atoms with van der Waals surface area (Å²) in [4.78, 5) is 12.2. The molecule has 2 N–H and O–H groups in total. The van der Waals surface area contributed by atoms with E-state index in [9.17, 15) is 4.79 Å². The van der Waals surface area contributed by atoms with Crippen LogP contribution in [0.15, 0.2) is 4.52 Å². The minimum atomic E-state index is -0.111. The molecule has 1 saturated carbocycles. The maximum Gasteiger partial charge on any atom is 0.315 e. The lowest BCUT2D eigenvalue weighted by Crippen LogP contribution is -2.45. The first kappa shape index (κ1) is 15.9. The van der Waals surface area contributed by atoms with Gasteiger partial charge in [0.1, 0.15) is 5.76 Å². The third-order valence-corrected chi connectivity index (χ3v) is 4.58. The molecule has 0 saturated heterocycles. The number of carbonyl (C=O) groups is 1. The van der Waals surface area contributed by atoms with E-state index in [2.05, 4.69) is 22.7 Å². The Bertz CT molecular complexity index is 458. The average molecular weight is 293 g/mol. The summed E-state index contributed by atoms with van der Waals surface area (Å²) in [5.74, 6) is 1.37. The topological polar surface area (TPSA) is 67.2 Å². The van der Waals surface area contributed by atoms with Crippen LogP contribution in [-0.4, -0.2) is 17.2 Å². The highest BCUT2D eigenvalue weighted by Crippen LogP contribution is 2.26. The van der Waals surface area contributed by atoms with E-state index in [1.54, 1.807) is 0 Å². The molecule has 5 heteroatoms. The molecule has 0 aromatic carbocycles. The zero-order valence-corrected chi connectivity index (χ0v) is 13.5. The maximum absolute atomic E-state index is 12.2. The van der Waals surface area contributed by atoms with Crippen molar-refractivity contribution in [3.05, 3.63) is 17.0 Å². The monoisotopic (exact) mass is 293 g/mol. The smallest absolute Gasteiger partial charge is 0.315 e. The van der Waals surface area contributed by atoms with Crippen LogP contribution in [-0.2, 0) is 0 Å². The zero-order chi connectivity index (χ0) is 15.4. The van der Waals surface area contributed by atoms with Crippen molar-refractivity contribution in [2.45, 2.75) is 71.9 Å². The summed E-state index contributed by atoms with van der Waals surface area (Å²) in [5, 5.41) is 10.00. The number of carbonyl (C=O) groups excluding carboxylic acids is 1. The van der Waals surface area contributed by atoms with E-state index in [0.29, 0.717) is 5.92 Å². The quantitative estimate of drug-likeness (QED) is 0.891. The molecule has 2 rings (SSSR count). The molecule has 1 aliphatic rings. The molecule has 0 aliphatic heterocycles. The van der Waals surface area contributed by atoms with E-state index in [1.807, 2.05) is 20.8 Å². The Hall–Kier alpha value is -1.52. The minimum Gasteiger partial charge on any atom is -0.361 e. The van der Waals surface area contributed by atoms with Crippen molar-refractivity contribution in [2.24, 2.45) is 5.92 Å². The van der Waals surface area contributed by atoms with E-state index in [-0.39, 0.29) is 18.1 Å². The Morgan fingerprint density at radius 2 is 1.86 bits per heavy atom. The van der Waals surface area contributed by atoms with Crippen LogP contribution in [0.25, 0.3) is 0 Å². The van der Waals surface area contributed by atoms with Gasteiger partial charge in [-0.05, 0) is 46.5 Å². The van der Waals surface area contributed by atoms with Crippen LogP contribution < -0.4 is 10.6 Å². The Kier molecular flexibility index (Phi) is 5.26. The maximum atomic E-state index is 12.2. The fraction of sp³-hybridized carbons (Fsp3) is 0.750. The Morgan fingerprint density at radius 1 is 1.19 bits per heavy atom. The third-order valence-electron chi connectivity index (χ3n) is 4.58. The molecule has 0 bridgehead atoms. The van der Waals surface area contributed by atoms with E-state index in [4.69, 9.17) is 4.52 Å². The molecule has 0 unspecified atom stereocenters. The van der Waals surface area contributed by atoms with Gasteiger partial charge in [0.25, 0.3) is 0 Å². The first-order valence-corrected chi connectivity index (χ1v) is 7.98. The number of nitrogens with one attached hydrogen (secondary N) is 2. The fourth-order valence-electron chi connectivity index (χ4n) is 3.38. The summed E-state index contributed by atoms with van der Waals surface area (Å²) in [5.41, 5.74) is 1.80. The lowest BCUT2D eigenvalue weighted by atomic mass is 9.85. The van der Waals surface area contributed by atoms with E-state index in [1.165, 1.54) is 32.1 Å².